The molecular formula is C17H14N2O3. The predicted molar refractivity (Wildman–Crippen MR) is 82.7 cm³/mol. The number of nitrogens with one attached hydrogen (secondary N) is 1. The van der Waals surface area contributed by atoms with Crippen LogP contribution in [0, 0.1) is 0 Å². The molecule has 0 bridgehead atoms. The predicted octanol–water partition coefficient (Wildman–Crippen LogP) is 2.68. The molecule has 1 aliphatic heterocycles. The quantitative estimate of drug-likeness (QED) is 0.698. The van der Waals surface area contributed by atoms with Gasteiger partial charge in [-0.3, -0.25) is 10.2 Å². The fourth-order valence-electron chi connectivity index (χ4n) is 2.31. The molecule has 0 spiro atoms. The Balaban J connectivity index is 2.03. The van der Waals surface area contributed by atoms with E-state index in [1.165, 1.54) is 18.2 Å². The molecule has 0 saturated carbocycles. The van der Waals surface area contributed by atoms with Crippen LogP contribution >= 0.6 is 0 Å². The van der Waals surface area contributed by atoms with Crippen LogP contribution in [0.2, 0.25) is 0 Å². The maximum atomic E-state index is 12.6. The number of para-hydroxylation sites is 1. The first-order valence-electron chi connectivity index (χ1n) is 6.76. The van der Waals surface area contributed by atoms with Gasteiger partial charge in [-0.25, -0.2) is 9.80 Å². The van der Waals surface area contributed by atoms with Gasteiger partial charge in [0, 0.05) is 11.6 Å². The monoisotopic (exact) mass is 294 g/mol. The number of methoxy groups -OCH3 is 1. The van der Waals surface area contributed by atoms with Crippen LogP contribution < -0.4 is 5.43 Å². The van der Waals surface area contributed by atoms with E-state index in [2.05, 4.69) is 10.2 Å². The molecule has 0 saturated heterocycles. The molecule has 5 nitrogen and oxygen atoms in total. The van der Waals surface area contributed by atoms with Crippen molar-refractivity contribution < 1.29 is 14.3 Å². The van der Waals surface area contributed by atoms with Crippen molar-refractivity contribution in [3.05, 3.63) is 71.8 Å². The average molecular weight is 294 g/mol. The van der Waals surface area contributed by atoms with E-state index in [-0.39, 0.29) is 5.91 Å². The van der Waals surface area contributed by atoms with E-state index in [9.17, 15) is 9.59 Å². The summed E-state index contributed by atoms with van der Waals surface area (Å²) in [6.07, 6.45) is 1.31. The van der Waals surface area contributed by atoms with E-state index in [1.54, 1.807) is 18.2 Å². The first kappa shape index (κ1) is 13.9. The second-order valence-corrected chi connectivity index (χ2v) is 4.72. The van der Waals surface area contributed by atoms with Gasteiger partial charge in [-0.2, -0.15) is 0 Å². The average Bonchev–Trinajstić information content (AvgIpc) is 2.82. The number of carbonyl (C=O) groups is 2. The van der Waals surface area contributed by atoms with Crippen LogP contribution in [-0.2, 0) is 9.53 Å². The summed E-state index contributed by atoms with van der Waals surface area (Å²) in [5, 5.41) is 1.36. The van der Waals surface area contributed by atoms with Gasteiger partial charge in [0.1, 0.15) is 0 Å². The molecule has 1 N–H and O–H groups in total. The van der Waals surface area contributed by atoms with Crippen molar-refractivity contribution in [1.29, 1.82) is 0 Å². The zero-order valence-electron chi connectivity index (χ0n) is 11.9. The summed E-state index contributed by atoms with van der Waals surface area (Å²) in [6, 6.07) is 16.4. The minimum atomic E-state index is -0.514. The topological polar surface area (TPSA) is 58.6 Å². The Morgan fingerprint density at radius 1 is 1.05 bits per heavy atom. The molecule has 0 unspecified atom stereocenters. The summed E-state index contributed by atoms with van der Waals surface area (Å²) in [7, 11) is 1.30. The highest BCUT2D eigenvalue weighted by Crippen LogP contribution is 2.32. The third-order valence-corrected chi connectivity index (χ3v) is 3.35. The van der Waals surface area contributed by atoms with Crippen LogP contribution in [0.5, 0.6) is 0 Å². The molecular weight excluding hydrogens is 280 g/mol. The Bertz CT molecular complexity index is 754. The molecule has 110 valence electrons. The van der Waals surface area contributed by atoms with Gasteiger partial charge in [0.05, 0.1) is 24.1 Å². The number of benzene rings is 2. The molecule has 5 heteroatoms. The summed E-state index contributed by atoms with van der Waals surface area (Å²) in [4.78, 5) is 24.2. The van der Waals surface area contributed by atoms with Crippen LogP contribution in [0.3, 0.4) is 0 Å². The molecule has 2 aromatic rings. The minimum Gasteiger partial charge on any atom is -0.466 e. The Hall–Kier alpha value is -3.08. The van der Waals surface area contributed by atoms with E-state index in [0.29, 0.717) is 16.8 Å². The number of hydrazine groups is 1. The summed E-state index contributed by atoms with van der Waals surface area (Å²) in [5.41, 5.74) is 5.48. The molecule has 0 fully saturated rings. The van der Waals surface area contributed by atoms with Crippen molar-refractivity contribution >= 4 is 23.3 Å². The van der Waals surface area contributed by atoms with E-state index in [0.717, 1.165) is 5.69 Å². The SMILES string of the molecule is COC(=O)/C=C1\c2ccccc2C(=O)N1Nc1ccccc1. The zero-order valence-corrected chi connectivity index (χ0v) is 11.9. The van der Waals surface area contributed by atoms with Crippen molar-refractivity contribution in [3.8, 4) is 0 Å². The fraction of sp³-hybridized carbons (Fsp3) is 0.0588. The highest BCUT2D eigenvalue weighted by atomic mass is 16.5. The minimum absolute atomic E-state index is 0.213. The Morgan fingerprint density at radius 3 is 2.36 bits per heavy atom. The maximum Gasteiger partial charge on any atom is 0.332 e. The molecule has 1 aliphatic rings. The van der Waals surface area contributed by atoms with Gasteiger partial charge in [0.15, 0.2) is 0 Å². The van der Waals surface area contributed by atoms with Crippen molar-refractivity contribution in [1.82, 2.24) is 5.01 Å². The van der Waals surface area contributed by atoms with E-state index in [1.807, 2.05) is 36.4 Å². The van der Waals surface area contributed by atoms with E-state index in [4.69, 9.17) is 0 Å². The molecule has 1 heterocycles. The summed E-state index contributed by atoms with van der Waals surface area (Å²) in [5.74, 6) is -0.728. The summed E-state index contributed by atoms with van der Waals surface area (Å²) in [6.45, 7) is 0. The number of rotatable bonds is 3. The van der Waals surface area contributed by atoms with Gasteiger partial charge < -0.3 is 4.74 Å². The van der Waals surface area contributed by atoms with Crippen molar-refractivity contribution in [2.24, 2.45) is 0 Å². The highest BCUT2D eigenvalue weighted by molar-refractivity contribution is 6.12. The lowest BCUT2D eigenvalue weighted by Crippen LogP contribution is -2.29. The molecule has 22 heavy (non-hydrogen) atoms. The number of esters is 1. The Labute approximate surface area is 127 Å². The third kappa shape index (κ3) is 2.44. The highest BCUT2D eigenvalue weighted by Gasteiger charge is 2.33. The third-order valence-electron chi connectivity index (χ3n) is 3.35. The molecule has 0 aliphatic carbocycles. The smallest absolute Gasteiger partial charge is 0.332 e. The Kier molecular flexibility index (Phi) is 3.62. The van der Waals surface area contributed by atoms with Crippen LogP contribution in [0.15, 0.2) is 60.7 Å². The zero-order chi connectivity index (χ0) is 15.5. The maximum absolute atomic E-state index is 12.6. The largest absolute Gasteiger partial charge is 0.466 e. The fourth-order valence-corrected chi connectivity index (χ4v) is 2.31. The van der Waals surface area contributed by atoms with Crippen molar-refractivity contribution in [2.45, 2.75) is 0 Å². The van der Waals surface area contributed by atoms with Gasteiger partial charge in [0.2, 0.25) is 0 Å². The second kappa shape index (κ2) is 5.73. The van der Waals surface area contributed by atoms with Gasteiger partial charge >= 0.3 is 5.97 Å². The Morgan fingerprint density at radius 2 is 1.68 bits per heavy atom. The lowest BCUT2D eigenvalue weighted by Gasteiger charge is -2.20. The molecule has 0 radical (unpaired) electrons. The molecule has 1 amide bonds. The van der Waals surface area contributed by atoms with Crippen molar-refractivity contribution in [3.63, 3.8) is 0 Å². The normalized spacial score (nSPS) is 14.9. The number of fused-ring (bicyclic) bond motifs is 1. The number of nitrogens with zero attached hydrogens (tertiary/aromatic N) is 1. The van der Waals surface area contributed by atoms with Gasteiger partial charge in [0.25, 0.3) is 5.91 Å². The summed E-state index contributed by atoms with van der Waals surface area (Å²) < 4.78 is 4.68. The van der Waals surface area contributed by atoms with Gasteiger partial charge in [-0.15, -0.1) is 0 Å². The first-order valence-corrected chi connectivity index (χ1v) is 6.76. The second-order valence-electron chi connectivity index (χ2n) is 4.72. The van der Waals surface area contributed by atoms with Crippen LogP contribution in [0.1, 0.15) is 15.9 Å². The number of amides is 1. The van der Waals surface area contributed by atoms with Gasteiger partial charge in [-0.05, 0) is 18.2 Å². The molecule has 0 atom stereocenters. The van der Waals surface area contributed by atoms with Crippen molar-refractivity contribution in [2.75, 3.05) is 12.5 Å². The lowest BCUT2D eigenvalue weighted by molar-refractivity contribution is -0.134. The number of carbonyl (C=O) groups excluding carboxylic acids is 2. The van der Waals surface area contributed by atoms with E-state index < -0.39 is 5.97 Å². The van der Waals surface area contributed by atoms with Gasteiger partial charge in [-0.1, -0.05) is 36.4 Å². The van der Waals surface area contributed by atoms with Crippen LogP contribution in [-0.4, -0.2) is 24.0 Å². The number of anilines is 1. The molecule has 0 aromatic heterocycles. The number of hydrogen-bond acceptors (Lipinski definition) is 4. The van der Waals surface area contributed by atoms with Crippen LogP contribution in [0.25, 0.3) is 5.70 Å². The van der Waals surface area contributed by atoms with E-state index >= 15 is 0 Å². The molecule has 2 aromatic carbocycles. The molecule has 3 rings (SSSR count). The summed E-state index contributed by atoms with van der Waals surface area (Å²) >= 11 is 0. The first-order chi connectivity index (χ1) is 10.7. The standard InChI is InChI=1S/C17H14N2O3/c1-22-16(20)11-15-13-9-5-6-10-14(13)17(21)19(15)18-12-7-3-2-4-8-12/h2-11,18H,1H3/b15-11+. The lowest BCUT2D eigenvalue weighted by atomic mass is 10.1. The van der Waals surface area contributed by atoms with Crippen LogP contribution in [0.4, 0.5) is 5.69 Å². The number of hydrogen-bond donors (Lipinski definition) is 1. The number of ether oxygens (including phenoxy) is 1.